The van der Waals surface area contributed by atoms with Crippen molar-refractivity contribution < 1.29 is 4.79 Å². The number of carbonyl (C=O) groups excluding carboxylic acids is 1. The summed E-state index contributed by atoms with van der Waals surface area (Å²) in [6.45, 7) is 0.698. The fourth-order valence-electron chi connectivity index (χ4n) is 1.58. The minimum atomic E-state index is -0.100. The standard InChI is InChI=1S/C14H18N2OS/c1-18-9-4-2-3-8-16-14(17)13-7-5-6-12(10-13)11-15/h5-7,10H,2-4,8-9H2,1H3,(H,16,17). The van der Waals surface area contributed by atoms with E-state index in [0.29, 0.717) is 17.7 Å². The van der Waals surface area contributed by atoms with E-state index in [1.807, 2.05) is 17.8 Å². The Kier molecular flexibility index (Phi) is 6.97. The lowest BCUT2D eigenvalue weighted by Crippen LogP contribution is -2.24. The van der Waals surface area contributed by atoms with Crippen molar-refractivity contribution >= 4 is 17.7 Å². The summed E-state index contributed by atoms with van der Waals surface area (Å²) in [6, 6.07) is 8.79. The maximum Gasteiger partial charge on any atom is 0.251 e. The van der Waals surface area contributed by atoms with Crippen LogP contribution < -0.4 is 5.32 Å². The van der Waals surface area contributed by atoms with Crippen LogP contribution in [0.5, 0.6) is 0 Å². The smallest absolute Gasteiger partial charge is 0.251 e. The van der Waals surface area contributed by atoms with E-state index in [4.69, 9.17) is 5.26 Å². The molecule has 4 heteroatoms. The van der Waals surface area contributed by atoms with Gasteiger partial charge in [0.05, 0.1) is 11.6 Å². The highest BCUT2D eigenvalue weighted by molar-refractivity contribution is 7.98. The average Bonchev–Trinajstić information content (AvgIpc) is 2.42. The summed E-state index contributed by atoms with van der Waals surface area (Å²) in [5, 5.41) is 11.6. The van der Waals surface area contributed by atoms with Gasteiger partial charge >= 0.3 is 0 Å². The molecule has 0 saturated heterocycles. The molecular weight excluding hydrogens is 244 g/mol. The second-order valence-electron chi connectivity index (χ2n) is 4.00. The molecule has 96 valence electrons. The molecule has 1 N–H and O–H groups in total. The lowest BCUT2D eigenvalue weighted by atomic mass is 10.1. The fraction of sp³-hybridized carbons (Fsp3) is 0.429. The number of carbonyl (C=O) groups is 1. The topological polar surface area (TPSA) is 52.9 Å². The molecule has 0 aliphatic heterocycles. The first-order valence-corrected chi connectivity index (χ1v) is 7.44. The van der Waals surface area contributed by atoms with E-state index >= 15 is 0 Å². The van der Waals surface area contributed by atoms with Crippen molar-refractivity contribution in [3.05, 3.63) is 35.4 Å². The number of hydrogen-bond donors (Lipinski definition) is 1. The first-order valence-electron chi connectivity index (χ1n) is 6.05. The predicted octanol–water partition coefficient (Wildman–Crippen LogP) is 2.82. The Morgan fingerprint density at radius 3 is 2.94 bits per heavy atom. The summed E-state index contributed by atoms with van der Waals surface area (Å²) in [6.07, 6.45) is 5.44. The first-order chi connectivity index (χ1) is 8.77. The number of benzene rings is 1. The van der Waals surface area contributed by atoms with Crippen molar-refractivity contribution in [1.82, 2.24) is 5.32 Å². The Balaban J connectivity index is 2.30. The van der Waals surface area contributed by atoms with Gasteiger partial charge in [0.2, 0.25) is 0 Å². The molecule has 18 heavy (non-hydrogen) atoms. The van der Waals surface area contributed by atoms with E-state index in [0.717, 1.165) is 12.8 Å². The van der Waals surface area contributed by atoms with Gasteiger partial charge in [-0.2, -0.15) is 17.0 Å². The van der Waals surface area contributed by atoms with Gasteiger partial charge in [0, 0.05) is 12.1 Å². The van der Waals surface area contributed by atoms with Crippen molar-refractivity contribution in [2.45, 2.75) is 19.3 Å². The molecule has 0 aromatic heterocycles. The van der Waals surface area contributed by atoms with E-state index in [-0.39, 0.29) is 5.91 Å². The van der Waals surface area contributed by atoms with Gasteiger partial charge in [-0.3, -0.25) is 4.79 Å². The highest BCUT2D eigenvalue weighted by Crippen LogP contribution is 2.05. The summed E-state index contributed by atoms with van der Waals surface area (Å²) in [4.78, 5) is 11.8. The van der Waals surface area contributed by atoms with Crippen molar-refractivity contribution in [3.63, 3.8) is 0 Å². The molecule has 0 unspecified atom stereocenters. The molecule has 0 heterocycles. The molecule has 0 atom stereocenters. The van der Waals surface area contributed by atoms with E-state index in [9.17, 15) is 4.79 Å². The number of nitrogens with zero attached hydrogens (tertiary/aromatic N) is 1. The summed E-state index contributed by atoms with van der Waals surface area (Å²) in [5.74, 6) is 1.08. The second kappa shape index (κ2) is 8.60. The number of hydrogen-bond acceptors (Lipinski definition) is 3. The molecule has 3 nitrogen and oxygen atoms in total. The van der Waals surface area contributed by atoms with Crippen LogP contribution in [0.25, 0.3) is 0 Å². The lowest BCUT2D eigenvalue weighted by molar-refractivity contribution is 0.0953. The largest absolute Gasteiger partial charge is 0.352 e. The van der Waals surface area contributed by atoms with E-state index in [2.05, 4.69) is 11.6 Å². The third-order valence-corrected chi connectivity index (χ3v) is 3.26. The third-order valence-electron chi connectivity index (χ3n) is 2.56. The monoisotopic (exact) mass is 262 g/mol. The highest BCUT2D eigenvalue weighted by Gasteiger charge is 2.04. The second-order valence-corrected chi connectivity index (χ2v) is 4.99. The molecule has 1 amide bonds. The zero-order chi connectivity index (χ0) is 13.2. The number of amides is 1. The maximum atomic E-state index is 11.8. The number of thioether (sulfide) groups is 1. The predicted molar refractivity (Wildman–Crippen MR) is 75.7 cm³/mol. The lowest BCUT2D eigenvalue weighted by Gasteiger charge is -2.05. The summed E-state index contributed by atoms with van der Waals surface area (Å²) < 4.78 is 0. The molecule has 0 spiro atoms. The van der Waals surface area contributed by atoms with Crippen molar-refractivity contribution in [2.24, 2.45) is 0 Å². The quantitative estimate of drug-likeness (QED) is 0.769. The van der Waals surface area contributed by atoms with Crippen molar-refractivity contribution in [3.8, 4) is 6.07 Å². The Hall–Kier alpha value is -1.47. The van der Waals surface area contributed by atoms with Crippen LogP contribution in [0, 0.1) is 11.3 Å². The Labute approximate surface area is 113 Å². The minimum Gasteiger partial charge on any atom is -0.352 e. The Morgan fingerprint density at radius 2 is 2.22 bits per heavy atom. The molecule has 1 aromatic rings. The van der Waals surface area contributed by atoms with Crippen LogP contribution in [0.3, 0.4) is 0 Å². The van der Waals surface area contributed by atoms with Crippen LogP contribution in [0.1, 0.15) is 35.2 Å². The van der Waals surface area contributed by atoms with Crippen LogP contribution >= 0.6 is 11.8 Å². The first kappa shape index (κ1) is 14.6. The number of unbranched alkanes of at least 4 members (excludes halogenated alkanes) is 2. The molecular formula is C14H18N2OS. The normalized spacial score (nSPS) is 9.78. The van der Waals surface area contributed by atoms with E-state index < -0.39 is 0 Å². The minimum absolute atomic E-state index is 0.100. The third kappa shape index (κ3) is 5.24. The van der Waals surface area contributed by atoms with Gasteiger partial charge in [-0.05, 0) is 43.0 Å². The van der Waals surface area contributed by atoms with Gasteiger partial charge in [-0.15, -0.1) is 0 Å². The maximum absolute atomic E-state index is 11.8. The molecule has 0 saturated carbocycles. The van der Waals surface area contributed by atoms with Crippen LogP contribution in [0.4, 0.5) is 0 Å². The molecule has 0 aliphatic carbocycles. The number of nitriles is 1. The summed E-state index contributed by atoms with van der Waals surface area (Å²) >= 11 is 1.85. The molecule has 0 fully saturated rings. The van der Waals surface area contributed by atoms with E-state index in [1.54, 1.807) is 24.3 Å². The molecule has 0 radical (unpaired) electrons. The zero-order valence-corrected chi connectivity index (χ0v) is 11.4. The van der Waals surface area contributed by atoms with Gasteiger partial charge < -0.3 is 5.32 Å². The van der Waals surface area contributed by atoms with Crippen LogP contribution in [-0.2, 0) is 0 Å². The van der Waals surface area contributed by atoms with Gasteiger partial charge in [-0.25, -0.2) is 0 Å². The molecule has 1 rings (SSSR count). The highest BCUT2D eigenvalue weighted by atomic mass is 32.2. The van der Waals surface area contributed by atoms with Gasteiger partial charge in [0.25, 0.3) is 5.91 Å². The van der Waals surface area contributed by atoms with Gasteiger partial charge in [0.1, 0.15) is 0 Å². The zero-order valence-electron chi connectivity index (χ0n) is 10.6. The van der Waals surface area contributed by atoms with Crippen molar-refractivity contribution in [2.75, 3.05) is 18.6 Å². The molecule has 1 aromatic carbocycles. The summed E-state index contributed by atoms with van der Waals surface area (Å²) in [7, 11) is 0. The van der Waals surface area contributed by atoms with Crippen LogP contribution in [0.2, 0.25) is 0 Å². The van der Waals surface area contributed by atoms with Crippen molar-refractivity contribution in [1.29, 1.82) is 5.26 Å². The Bertz CT molecular complexity index is 426. The molecule has 0 bridgehead atoms. The molecule has 0 aliphatic rings. The fourth-order valence-corrected chi connectivity index (χ4v) is 2.07. The number of nitrogens with one attached hydrogen (secondary N) is 1. The average molecular weight is 262 g/mol. The van der Waals surface area contributed by atoms with E-state index in [1.165, 1.54) is 12.2 Å². The van der Waals surface area contributed by atoms with Crippen LogP contribution in [-0.4, -0.2) is 24.5 Å². The number of rotatable bonds is 7. The Morgan fingerprint density at radius 1 is 1.39 bits per heavy atom. The SMILES string of the molecule is CSCCCCCNC(=O)c1cccc(C#N)c1. The van der Waals surface area contributed by atoms with Gasteiger partial charge in [-0.1, -0.05) is 12.5 Å². The van der Waals surface area contributed by atoms with Crippen LogP contribution in [0.15, 0.2) is 24.3 Å². The summed E-state index contributed by atoms with van der Waals surface area (Å²) in [5.41, 5.74) is 1.07. The van der Waals surface area contributed by atoms with Gasteiger partial charge in [0.15, 0.2) is 0 Å².